The van der Waals surface area contributed by atoms with Crippen molar-refractivity contribution < 1.29 is 0 Å². The lowest BCUT2D eigenvalue weighted by atomic mass is 9.81. The van der Waals surface area contributed by atoms with Gasteiger partial charge in [0, 0.05) is 69.1 Å². The number of para-hydroxylation sites is 1. The van der Waals surface area contributed by atoms with Gasteiger partial charge in [-0.25, -0.2) is 15.0 Å². The number of aromatic nitrogens is 6. The Morgan fingerprint density at radius 3 is 1.88 bits per heavy atom. The van der Waals surface area contributed by atoms with E-state index in [1.807, 2.05) is 30.3 Å². The number of hydrogen-bond donors (Lipinski definition) is 0. The Labute approximate surface area is 338 Å². The van der Waals surface area contributed by atoms with Gasteiger partial charge in [0.05, 0.1) is 16.7 Å². The Kier molecular flexibility index (Phi) is 8.49. The minimum Gasteiger partial charge on any atom is -0.308 e. The zero-order valence-electron chi connectivity index (χ0n) is 32.5. The van der Waals surface area contributed by atoms with Crippen molar-refractivity contribution in [2.45, 2.75) is 31.6 Å². The van der Waals surface area contributed by atoms with Crippen LogP contribution in [0.1, 0.15) is 42.9 Å². The van der Waals surface area contributed by atoms with Gasteiger partial charge in [-0.15, -0.1) is 13.2 Å². The third-order valence-electron chi connectivity index (χ3n) is 11.7. The molecule has 4 aromatic heterocycles. The van der Waals surface area contributed by atoms with Gasteiger partial charge >= 0.3 is 0 Å². The number of fused-ring (bicyclic) bond motifs is 7. The number of nitrogens with zero attached hydrogens (tertiary/aromatic N) is 6. The number of rotatable bonds is 9. The van der Waals surface area contributed by atoms with Gasteiger partial charge in [-0.3, -0.25) is 9.97 Å². The molecule has 0 radical (unpaired) electrons. The molecule has 10 rings (SSSR count). The SMILES string of the molecule is C=CCC(C=C)c1cc(-c2nc(-c3ccncc3)nc(-c3ccncc3)n2)cc(-c2ccccc2)c1-n1c2ccccc2c2ccc3c(c21)C(C)(C)c1ccccc1-3. The van der Waals surface area contributed by atoms with Gasteiger partial charge in [-0.2, -0.15) is 0 Å². The summed E-state index contributed by atoms with van der Waals surface area (Å²) in [7, 11) is 0. The highest BCUT2D eigenvalue weighted by atomic mass is 15.0. The Morgan fingerprint density at radius 2 is 1.21 bits per heavy atom. The molecule has 0 bridgehead atoms. The topological polar surface area (TPSA) is 69.4 Å². The first-order chi connectivity index (χ1) is 28.5. The van der Waals surface area contributed by atoms with Gasteiger partial charge in [0.25, 0.3) is 0 Å². The molecule has 0 saturated heterocycles. The summed E-state index contributed by atoms with van der Waals surface area (Å²) >= 11 is 0. The van der Waals surface area contributed by atoms with E-state index >= 15 is 0 Å². The van der Waals surface area contributed by atoms with E-state index in [9.17, 15) is 0 Å². The van der Waals surface area contributed by atoms with Crippen LogP contribution in [0.3, 0.4) is 0 Å². The molecule has 1 aliphatic rings. The lowest BCUT2D eigenvalue weighted by Crippen LogP contribution is -2.17. The molecule has 0 fully saturated rings. The summed E-state index contributed by atoms with van der Waals surface area (Å²) in [4.78, 5) is 23.8. The molecule has 0 amide bonds. The molecule has 1 atom stereocenters. The van der Waals surface area contributed by atoms with Crippen LogP contribution in [0.25, 0.3) is 83.9 Å². The zero-order chi connectivity index (χ0) is 39.4. The van der Waals surface area contributed by atoms with Crippen LogP contribution in [-0.2, 0) is 5.41 Å². The maximum Gasteiger partial charge on any atom is 0.164 e. The molecule has 1 unspecified atom stereocenters. The van der Waals surface area contributed by atoms with E-state index in [1.54, 1.807) is 24.8 Å². The smallest absolute Gasteiger partial charge is 0.164 e. The Balaban J connectivity index is 1.35. The summed E-state index contributed by atoms with van der Waals surface area (Å²) in [6.45, 7) is 13.4. The molecular weight excluding hydrogens is 709 g/mol. The van der Waals surface area contributed by atoms with Gasteiger partial charge in [0.2, 0.25) is 0 Å². The second-order valence-electron chi connectivity index (χ2n) is 15.4. The van der Waals surface area contributed by atoms with Crippen LogP contribution in [0.5, 0.6) is 0 Å². The Hall–Kier alpha value is -7.31. The summed E-state index contributed by atoms with van der Waals surface area (Å²) in [5, 5.41) is 2.44. The van der Waals surface area contributed by atoms with Crippen LogP contribution in [0.4, 0.5) is 0 Å². The minimum atomic E-state index is -0.249. The quantitative estimate of drug-likeness (QED) is 0.137. The van der Waals surface area contributed by atoms with Crippen LogP contribution in [0.15, 0.2) is 177 Å². The molecule has 0 aliphatic heterocycles. The van der Waals surface area contributed by atoms with Gasteiger partial charge < -0.3 is 4.57 Å². The van der Waals surface area contributed by atoms with E-state index in [2.05, 4.69) is 151 Å². The molecule has 6 nitrogen and oxygen atoms in total. The van der Waals surface area contributed by atoms with Crippen molar-refractivity contribution in [3.63, 3.8) is 0 Å². The highest BCUT2D eigenvalue weighted by Crippen LogP contribution is 2.54. The predicted octanol–water partition coefficient (Wildman–Crippen LogP) is 12.6. The largest absolute Gasteiger partial charge is 0.308 e. The van der Waals surface area contributed by atoms with Gasteiger partial charge in [0.15, 0.2) is 17.5 Å². The number of allylic oxidation sites excluding steroid dienone is 2. The van der Waals surface area contributed by atoms with Crippen molar-refractivity contribution in [2.24, 2.45) is 0 Å². The van der Waals surface area contributed by atoms with Crippen LogP contribution in [-0.4, -0.2) is 29.5 Å². The molecule has 0 spiro atoms. The first-order valence-electron chi connectivity index (χ1n) is 19.7. The molecule has 0 saturated carbocycles. The fraction of sp³-hybridized carbons (Fsp3) is 0.0962. The second-order valence-corrected chi connectivity index (χ2v) is 15.4. The number of benzene rings is 5. The molecular formula is C52H40N6. The molecule has 5 aromatic carbocycles. The standard InChI is InChI=1S/C52H40N6/c1-5-14-33(6-2)42-31-37(51-56-49(35-23-27-53-28-24-35)55-50(57-51)36-25-29-54-30-26-36)32-43(34-15-8-7-9-16-34)47(42)58-45-20-13-11-18-39(45)41-22-21-40-38-17-10-12-19-44(38)52(3,4)46(40)48(41)58/h5-13,15-33H,1-2,14H2,3-4H3. The minimum absolute atomic E-state index is 0.0748. The molecule has 58 heavy (non-hydrogen) atoms. The number of hydrogen-bond acceptors (Lipinski definition) is 5. The van der Waals surface area contributed by atoms with Crippen molar-refractivity contribution >= 4 is 21.8 Å². The number of pyridine rings is 2. The van der Waals surface area contributed by atoms with Gasteiger partial charge in [0.1, 0.15) is 0 Å². The van der Waals surface area contributed by atoms with Gasteiger partial charge in [-0.1, -0.05) is 111 Å². The average Bonchev–Trinajstić information content (AvgIpc) is 3.73. The van der Waals surface area contributed by atoms with Crippen LogP contribution >= 0.6 is 0 Å². The van der Waals surface area contributed by atoms with E-state index in [-0.39, 0.29) is 11.3 Å². The van der Waals surface area contributed by atoms with E-state index in [0.717, 1.165) is 44.6 Å². The Morgan fingerprint density at radius 1 is 0.586 bits per heavy atom. The van der Waals surface area contributed by atoms with Crippen LogP contribution < -0.4 is 0 Å². The lowest BCUT2D eigenvalue weighted by molar-refractivity contribution is 0.664. The van der Waals surface area contributed by atoms with Crippen molar-refractivity contribution in [1.82, 2.24) is 29.5 Å². The summed E-state index contributed by atoms with van der Waals surface area (Å²) in [5.74, 6) is 1.63. The molecule has 1 aliphatic carbocycles. The van der Waals surface area contributed by atoms with E-state index in [4.69, 9.17) is 15.0 Å². The highest BCUT2D eigenvalue weighted by Gasteiger charge is 2.39. The Bertz CT molecular complexity index is 2980. The van der Waals surface area contributed by atoms with Crippen molar-refractivity contribution in [3.8, 4) is 62.1 Å². The molecule has 278 valence electrons. The van der Waals surface area contributed by atoms with Crippen molar-refractivity contribution in [2.75, 3.05) is 0 Å². The van der Waals surface area contributed by atoms with Crippen LogP contribution in [0.2, 0.25) is 0 Å². The molecule has 4 heterocycles. The third kappa shape index (κ3) is 5.59. The molecule has 9 aromatic rings. The van der Waals surface area contributed by atoms with Crippen molar-refractivity contribution in [3.05, 3.63) is 194 Å². The van der Waals surface area contributed by atoms with Crippen molar-refractivity contribution in [1.29, 1.82) is 0 Å². The maximum absolute atomic E-state index is 5.17. The second kappa shape index (κ2) is 14.0. The maximum atomic E-state index is 5.17. The van der Waals surface area contributed by atoms with Gasteiger partial charge in [-0.05, 0) is 82.3 Å². The predicted molar refractivity (Wildman–Crippen MR) is 237 cm³/mol. The summed E-state index contributed by atoms with van der Waals surface area (Å²) in [6, 6.07) is 45.2. The highest BCUT2D eigenvalue weighted by molar-refractivity contribution is 6.13. The third-order valence-corrected chi connectivity index (χ3v) is 11.7. The van der Waals surface area contributed by atoms with E-state index < -0.39 is 0 Å². The monoisotopic (exact) mass is 748 g/mol. The molecule has 6 heteroatoms. The first kappa shape index (κ1) is 35.1. The fourth-order valence-electron chi connectivity index (χ4n) is 9.00. The summed E-state index contributed by atoms with van der Waals surface area (Å²) in [5.41, 5.74) is 14.3. The van der Waals surface area contributed by atoms with E-state index in [0.29, 0.717) is 23.9 Å². The fourth-order valence-corrected chi connectivity index (χ4v) is 9.00. The molecule has 0 N–H and O–H groups in total. The first-order valence-corrected chi connectivity index (χ1v) is 19.7. The van der Waals surface area contributed by atoms with Crippen LogP contribution in [0, 0.1) is 0 Å². The lowest BCUT2D eigenvalue weighted by Gasteiger charge is -2.27. The summed E-state index contributed by atoms with van der Waals surface area (Å²) in [6.07, 6.45) is 11.8. The summed E-state index contributed by atoms with van der Waals surface area (Å²) < 4.78 is 2.54. The zero-order valence-corrected chi connectivity index (χ0v) is 32.5. The normalized spacial score (nSPS) is 13.3. The van der Waals surface area contributed by atoms with E-state index in [1.165, 1.54) is 38.5 Å². The average molecular weight is 749 g/mol.